The van der Waals surface area contributed by atoms with Crippen LogP contribution in [0.25, 0.3) is 22.0 Å². The number of hydrogen-bond donors (Lipinski definition) is 1. The fraction of sp³-hybridized carbons (Fsp3) is 0.400. The summed E-state index contributed by atoms with van der Waals surface area (Å²) in [5.41, 5.74) is 1.83. The summed E-state index contributed by atoms with van der Waals surface area (Å²) < 4.78 is 47.0. The van der Waals surface area contributed by atoms with Crippen LogP contribution in [-0.4, -0.2) is 20.6 Å². The molecule has 3 aromatic rings. The van der Waals surface area contributed by atoms with Crippen molar-refractivity contribution in [2.45, 2.75) is 39.4 Å². The molecule has 0 atom stereocenters. The number of unbranched alkanes of at least 4 members (excludes halogenated alkanes) is 1. The lowest BCUT2D eigenvalue weighted by Gasteiger charge is -2.12. The Morgan fingerprint density at radius 3 is 2.52 bits per heavy atom. The summed E-state index contributed by atoms with van der Waals surface area (Å²) in [6, 6.07) is 5.15. The van der Waals surface area contributed by atoms with E-state index in [1.54, 1.807) is 44.6 Å². The van der Waals surface area contributed by atoms with Crippen LogP contribution in [0, 0.1) is 6.92 Å². The van der Waals surface area contributed by atoms with E-state index in [9.17, 15) is 18.0 Å². The van der Waals surface area contributed by atoms with E-state index >= 15 is 0 Å². The van der Waals surface area contributed by atoms with Gasteiger partial charge >= 0.3 is 6.18 Å². The monoisotopic (exact) mass is 424 g/mol. The lowest BCUT2D eigenvalue weighted by molar-refractivity contribution is -0.140. The Balaban J connectivity index is 2.33. The number of nitrogens with zero attached hydrogens (tertiary/aromatic N) is 3. The zero-order valence-electron chi connectivity index (χ0n) is 16.7. The molecule has 0 fully saturated rings. The average Bonchev–Trinajstić information content (AvgIpc) is 3.03. The van der Waals surface area contributed by atoms with Gasteiger partial charge in [-0.15, -0.1) is 0 Å². The van der Waals surface area contributed by atoms with Crippen LogP contribution in [0.2, 0.25) is 0 Å². The Morgan fingerprint density at radius 1 is 1.21 bits per heavy atom. The molecule has 0 aliphatic rings. The van der Waals surface area contributed by atoms with Crippen LogP contribution in [0.15, 0.2) is 29.2 Å². The highest BCUT2D eigenvalue weighted by Crippen LogP contribution is 2.40. The van der Waals surface area contributed by atoms with E-state index in [2.05, 4.69) is 9.82 Å². The molecule has 0 bridgehead atoms. The molecule has 29 heavy (non-hydrogen) atoms. The van der Waals surface area contributed by atoms with E-state index in [1.165, 1.54) is 21.2 Å². The summed E-state index contributed by atoms with van der Waals surface area (Å²) in [4.78, 5) is 12.0. The van der Waals surface area contributed by atoms with Gasteiger partial charge in [-0.25, -0.2) is 0 Å². The summed E-state index contributed by atoms with van der Waals surface area (Å²) in [5, 5.41) is 3.98. The molecule has 0 aliphatic carbocycles. The molecule has 0 spiro atoms. The predicted octanol–water partition coefficient (Wildman–Crippen LogP) is 5.22. The molecule has 0 amide bonds. The first-order valence-electron chi connectivity index (χ1n) is 9.25. The van der Waals surface area contributed by atoms with Gasteiger partial charge in [0.1, 0.15) is 0 Å². The SMILES string of the molecule is CCCCn1nc(C(F)(F)F)c2c(NSC)cc(-c3cc(C)c(=O)n(C)c3)cc21. The maximum absolute atomic E-state index is 13.7. The highest BCUT2D eigenvalue weighted by molar-refractivity contribution is 7.99. The summed E-state index contributed by atoms with van der Waals surface area (Å²) in [5.74, 6) is 0. The van der Waals surface area contributed by atoms with Crippen molar-refractivity contribution in [2.75, 3.05) is 11.0 Å². The molecule has 0 aliphatic heterocycles. The van der Waals surface area contributed by atoms with E-state index in [4.69, 9.17) is 0 Å². The third kappa shape index (κ3) is 4.14. The number of rotatable bonds is 6. The Hall–Kier alpha value is -2.42. The summed E-state index contributed by atoms with van der Waals surface area (Å²) in [6.45, 7) is 4.10. The van der Waals surface area contributed by atoms with Crippen LogP contribution < -0.4 is 10.3 Å². The Labute approximate surface area is 171 Å². The molecule has 0 saturated carbocycles. The minimum atomic E-state index is -4.56. The van der Waals surface area contributed by atoms with Crippen LogP contribution in [0.1, 0.15) is 31.0 Å². The lowest BCUT2D eigenvalue weighted by Crippen LogP contribution is -2.18. The minimum absolute atomic E-state index is 0.0632. The third-order valence-electron chi connectivity index (χ3n) is 4.75. The Bertz CT molecular complexity index is 1080. The van der Waals surface area contributed by atoms with Crippen LogP contribution in [0.3, 0.4) is 0 Å². The summed E-state index contributed by atoms with van der Waals surface area (Å²) in [6.07, 6.45) is 0.459. The minimum Gasteiger partial charge on any atom is -0.329 e. The Kier molecular flexibility index (Phi) is 5.97. The number of pyridine rings is 1. The molecule has 1 aromatic carbocycles. The molecule has 156 valence electrons. The number of aryl methyl sites for hydroxylation is 3. The normalized spacial score (nSPS) is 12.0. The van der Waals surface area contributed by atoms with Crippen molar-refractivity contribution < 1.29 is 13.2 Å². The highest BCUT2D eigenvalue weighted by atomic mass is 32.2. The molecule has 2 heterocycles. The van der Waals surface area contributed by atoms with Gasteiger partial charge in [0.2, 0.25) is 0 Å². The fourth-order valence-corrected chi connectivity index (χ4v) is 3.75. The van der Waals surface area contributed by atoms with Crippen LogP contribution in [0.5, 0.6) is 0 Å². The number of anilines is 1. The molecule has 5 nitrogen and oxygen atoms in total. The van der Waals surface area contributed by atoms with Crippen molar-refractivity contribution in [1.29, 1.82) is 0 Å². The van der Waals surface area contributed by atoms with Crippen molar-refractivity contribution in [2.24, 2.45) is 7.05 Å². The number of halogens is 3. The second kappa shape index (κ2) is 8.14. The van der Waals surface area contributed by atoms with Crippen LogP contribution >= 0.6 is 11.9 Å². The quantitative estimate of drug-likeness (QED) is 0.552. The number of fused-ring (bicyclic) bond motifs is 1. The van der Waals surface area contributed by atoms with Crippen molar-refractivity contribution in [1.82, 2.24) is 14.3 Å². The number of aromatic nitrogens is 3. The van der Waals surface area contributed by atoms with E-state index in [0.717, 1.165) is 24.0 Å². The molecule has 3 rings (SSSR count). The summed E-state index contributed by atoms with van der Waals surface area (Å²) >= 11 is 1.22. The Morgan fingerprint density at radius 2 is 1.93 bits per heavy atom. The number of nitrogens with one attached hydrogen (secondary N) is 1. The number of alkyl halides is 3. The number of hydrogen-bond acceptors (Lipinski definition) is 4. The summed E-state index contributed by atoms with van der Waals surface area (Å²) in [7, 11) is 1.66. The number of benzene rings is 1. The van der Waals surface area contributed by atoms with Crippen molar-refractivity contribution in [3.8, 4) is 11.1 Å². The third-order valence-corrected chi connectivity index (χ3v) is 5.18. The second-order valence-corrected chi connectivity index (χ2v) is 7.59. The zero-order chi connectivity index (χ0) is 21.3. The predicted molar refractivity (Wildman–Crippen MR) is 112 cm³/mol. The van der Waals surface area contributed by atoms with Gasteiger partial charge in [0.05, 0.1) is 16.6 Å². The average molecular weight is 424 g/mol. The topological polar surface area (TPSA) is 51.9 Å². The first kappa shape index (κ1) is 21.3. The lowest BCUT2D eigenvalue weighted by atomic mass is 10.0. The molecule has 1 N–H and O–H groups in total. The smallest absolute Gasteiger partial charge is 0.329 e. The molecular weight excluding hydrogens is 401 g/mol. The maximum Gasteiger partial charge on any atom is 0.435 e. The first-order valence-corrected chi connectivity index (χ1v) is 10.5. The van der Waals surface area contributed by atoms with Gasteiger partial charge in [0.15, 0.2) is 5.69 Å². The van der Waals surface area contributed by atoms with Crippen LogP contribution in [-0.2, 0) is 19.8 Å². The van der Waals surface area contributed by atoms with Gasteiger partial charge in [-0.05, 0) is 42.7 Å². The van der Waals surface area contributed by atoms with Gasteiger partial charge < -0.3 is 9.29 Å². The van der Waals surface area contributed by atoms with E-state index in [1.807, 2.05) is 6.92 Å². The molecule has 0 saturated heterocycles. The van der Waals surface area contributed by atoms with Gasteiger partial charge in [-0.3, -0.25) is 9.48 Å². The van der Waals surface area contributed by atoms with Crippen molar-refractivity contribution in [3.05, 3.63) is 46.0 Å². The van der Waals surface area contributed by atoms with Gasteiger partial charge in [0, 0.05) is 31.6 Å². The second-order valence-electron chi connectivity index (χ2n) is 6.98. The first-order chi connectivity index (χ1) is 13.7. The highest BCUT2D eigenvalue weighted by Gasteiger charge is 2.38. The van der Waals surface area contributed by atoms with E-state index < -0.39 is 11.9 Å². The van der Waals surface area contributed by atoms with Crippen LogP contribution in [0.4, 0.5) is 18.9 Å². The van der Waals surface area contributed by atoms with E-state index in [0.29, 0.717) is 23.3 Å². The van der Waals surface area contributed by atoms with E-state index in [-0.39, 0.29) is 10.9 Å². The molecular formula is C20H23F3N4OS. The molecule has 2 aromatic heterocycles. The van der Waals surface area contributed by atoms with Crippen molar-refractivity contribution in [3.63, 3.8) is 0 Å². The maximum atomic E-state index is 13.7. The van der Waals surface area contributed by atoms with Gasteiger partial charge in [-0.1, -0.05) is 25.3 Å². The fourth-order valence-electron chi connectivity index (χ4n) is 3.37. The largest absolute Gasteiger partial charge is 0.435 e. The zero-order valence-corrected chi connectivity index (χ0v) is 17.5. The standard InChI is InChI=1S/C20H23F3N4OS/c1-5-6-7-27-16-10-13(14-8-12(2)19(28)26(3)11-14)9-15(25-29-4)17(16)18(24-27)20(21,22)23/h8-11,25H,5-7H2,1-4H3. The van der Waals surface area contributed by atoms with Crippen molar-refractivity contribution >= 4 is 28.5 Å². The van der Waals surface area contributed by atoms with Gasteiger partial charge in [-0.2, -0.15) is 18.3 Å². The molecule has 0 unspecified atom stereocenters. The molecule has 9 heteroatoms. The van der Waals surface area contributed by atoms with Gasteiger partial charge in [0.25, 0.3) is 5.56 Å². The molecule has 0 radical (unpaired) electrons.